The van der Waals surface area contributed by atoms with Crippen molar-refractivity contribution in [1.29, 1.82) is 5.26 Å². The minimum absolute atomic E-state index is 0.327. The van der Waals surface area contributed by atoms with Crippen molar-refractivity contribution in [3.05, 3.63) is 17.0 Å². The zero-order chi connectivity index (χ0) is 7.84. The van der Waals surface area contributed by atoms with Crippen LogP contribution in [0.25, 0.3) is 0 Å². The highest BCUT2D eigenvalue weighted by atomic mass is 16.3. The number of aromatic amines is 1. The Bertz CT molecular complexity index is 323. The van der Waals surface area contributed by atoms with Gasteiger partial charge in [-0.25, -0.2) is 0 Å². The molecule has 1 atom stereocenters. The van der Waals surface area contributed by atoms with E-state index in [1.165, 1.54) is 0 Å². The average molecular weight is 149 g/mol. The number of hydrogen-bond donors (Lipinski definition) is 2. The Labute approximate surface area is 63.5 Å². The number of aliphatic hydroxyl groups is 1. The van der Waals surface area contributed by atoms with Crippen LogP contribution in [0.1, 0.15) is 17.0 Å². The van der Waals surface area contributed by atoms with Gasteiger partial charge in [0.2, 0.25) is 0 Å². The predicted octanol–water partition coefficient (Wildman–Crippen LogP) is -0.259. The van der Waals surface area contributed by atoms with E-state index in [0.29, 0.717) is 18.5 Å². The lowest BCUT2D eigenvalue weighted by Gasteiger charge is -1.95. The summed E-state index contributed by atoms with van der Waals surface area (Å²) in [5.41, 5.74) is 2.23. The first kappa shape index (κ1) is 6.38. The van der Waals surface area contributed by atoms with Gasteiger partial charge in [-0.15, -0.1) is 0 Å². The van der Waals surface area contributed by atoms with Gasteiger partial charge in [0, 0.05) is 24.1 Å². The molecule has 0 aliphatic heterocycles. The standard InChI is InChI=1S/C7H7N3O/c8-3-7-5-1-4(11)2-6(5)9-10-7/h4,11H,1-2H2,(H,9,10). The summed E-state index contributed by atoms with van der Waals surface area (Å²) in [5, 5.41) is 24.3. The number of nitrogens with one attached hydrogen (secondary N) is 1. The maximum Gasteiger partial charge on any atom is 0.165 e. The summed E-state index contributed by atoms with van der Waals surface area (Å²) >= 11 is 0. The number of aliphatic hydroxyl groups excluding tert-OH is 1. The molecular formula is C7H7N3O. The molecule has 4 nitrogen and oxygen atoms in total. The number of aromatic nitrogens is 2. The molecule has 2 rings (SSSR count). The second-order valence-electron chi connectivity index (χ2n) is 2.70. The molecule has 11 heavy (non-hydrogen) atoms. The number of H-pyrrole nitrogens is 1. The molecule has 0 amide bonds. The van der Waals surface area contributed by atoms with Crippen LogP contribution in [0.2, 0.25) is 0 Å². The number of rotatable bonds is 0. The van der Waals surface area contributed by atoms with Crippen LogP contribution in [0, 0.1) is 11.3 Å². The Kier molecular flexibility index (Phi) is 1.20. The summed E-state index contributed by atoms with van der Waals surface area (Å²) < 4.78 is 0. The van der Waals surface area contributed by atoms with Gasteiger partial charge in [-0.05, 0) is 0 Å². The van der Waals surface area contributed by atoms with Gasteiger partial charge in [0.1, 0.15) is 6.07 Å². The number of nitrogens with zero attached hydrogens (tertiary/aromatic N) is 2. The van der Waals surface area contributed by atoms with Crippen molar-refractivity contribution in [2.75, 3.05) is 0 Å². The van der Waals surface area contributed by atoms with Gasteiger partial charge >= 0.3 is 0 Å². The van der Waals surface area contributed by atoms with Crippen molar-refractivity contribution >= 4 is 0 Å². The van der Waals surface area contributed by atoms with Crippen LogP contribution in [-0.2, 0) is 12.8 Å². The summed E-state index contributed by atoms with van der Waals surface area (Å²) in [6, 6.07) is 1.97. The maximum atomic E-state index is 9.20. The quantitative estimate of drug-likeness (QED) is 0.533. The fourth-order valence-corrected chi connectivity index (χ4v) is 1.43. The highest BCUT2D eigenvalue weighted by Crippen LogP contribution is 2.22. The van der Waals surface area contributed by atoms with Crippen LogP contribution < -0.4 is 0 Å². The maximum absolute atomic E-state index is 9.20. The van der Waals surface area contributed by atoms with Crippen molar-refractivity contribution in [2.45, 2.75) is 18.9 Å². The van der Waals surface area contributed by atoms with Gasteiger partial charge in [0.25, 0.3) is 0 Å². The zero-order valence-electron chi connectivity index (χ0n) is 5.83. The first-order valence-electron chi connectivity index (χ1n) is 3.45. The lowest BCUT2D eigenvalue weighted by molar-refractivity contribution is 0.185. The summed E-state index contributed by atoms with van der Waals surface area (Å²) in [4.78, 5) is 0. The first-order chi connectivity index (χ1) is 5.31. The monoisotopic (exact) mass is 149 g/mol. The minimum Gasteiger partial charge on any atom is -0.392 e. The lowest BCUT2D eigenvalue weighted by atomic mass is 10.2. The summed E-state index contributed by atoms with van der Waals surface area (Å²) in [6.07, 6.45) is 0.838. The van der Waals surface area contributed by atoms with Gasteiger partial charge in [-0.3, -0.25) is 5.10 Å². The predicted molar refractivity (Wildman–Crippen MR) is 36.7 cm³/mol. The Morgan fingerprint density at radius 2 is 2.45 bits per heavy atom. The van der Waals surface area contributed by atoms with Gasteiger partial charge in [-0.1, -0.05) is 0 Å². The van der Waals surface area contributed by atoms with Gasteiger partial charge in [-0.2, -0.15) is 10.4 Å². The summed E-state index contributed by atoms with van der Waals surface area (Å²) in [5.74, 6) is 0. The fourth-order valence-electron chi connectivity index (χ4n) is 1.43. The van der Waals surface area contributed by atoms with Crippen LogP contribution in [-0.4, -0.2) is 21.4 Å². The summed E-state index contributed by atoms with van der Waals surface area (Å²) in [7, 11) is 0. The average Bonchev–Trinajstić information content (AvgIpc) is 2.45. The second kappa shape index (κ2) is 2.07. The van der Waals surface area contributed by atoms with E-state index in [0.717, 1.165) is 11.3 Å². The first-order valence-corrected chi connectivity index (χ1v) is 3.45. The van der Waals surface area contributed by atoms with Crippen LogP contribution >= 0.6 is 0 Å². The molecule has 56 valence electrons. The molecule has 0 radical (unpaired) electrons. The number of nitriles is 1. The third-order valence-corrected chi connectivity index (χ3v) is 1.94. The lowest BCUT2D eigenvalue weighted by Crippen LogP contribution is -2.05. The molecule has 1 aromatic heterocycles. The third kappa shape index (κ3) is 0.819. The molecule has 1 aliphatic carbocycles. The largest absolute Gasteiger partial charge is 0.392 e. The molecule has 1 heterocycles. The van der Waals surface area contributed by atoms with Gasteiger partial charge in [0.15, 0.2) is 5.69 Å². The van der Waals surface area contributed by atoms with Crippen molar-refractivity contribution in [3.63, 3.8) is 0 Å². The van der Waals surface area contributed by atoms with E-state index in [9.17, 15) is 5.11 Å². The van der Waals surface area contributed by atoms with E-state index >= 15 is 0 Å². The van der Waals surface area contributed by atoms with Crippen LogP contribution in [0.4, 0.5) is 0 Å². The fraction of sp³-hybridized carbons (Fsp3) is 0.429. The van der Waals surface area contributed by atoms with Crippen molar-refractivity contribution in [3.8, 4) is 6.07 Å². The van der Waals surface area contributed by atoms with Gasteiger partial charge in [0.05, 0.1) is 6.10 Å². The normalized spacial score (nSPS) is 21.3. The zero-order valence-corrected chi connectivity index (χ0v) is 5.83. The molecule has 1 aromatic rings. The van der Waals surface area contributed by atoms with Crippen molar-refractivity contribution in [1.82, 2.24) is 10.2 Å². The molecule has 0 fully saturated rings. The Morgan fingerprint density at radius 1 is 1.64 bits per heavy atom. The highest BCUT2D eigenvalue weighted by molar-refractivity contribution is 5.38. The smallest absolute Gasteiger partial charge is 0.165 e. The van der Waals surface area contributed by atoms with Crippen LogP contribution in [0.3, 0.4) is 0 Å². The molecule has 2 N–H and O–H groups in total. The molecule has 0 spiro atoms. The van der Waals surface area contributed by atoms with E-state index in [1.54, 1.807) is 0 Å². The van der Waals surface area contributed by atoms with Crippen LogP contribution in [0.5, 0.6) is 0 Å². The van der Waals surface area contributed by atoms with Crippen molar-refractivity contribution in [2.24, 2.45) is 0 Å². The molecule has 0 saturated carbocycles. The number of fused-ring (bicyclic) bond motifs is 1. The summed E-state index contributed by atoms with van der Waals surface area (Å²) in [6.45, 7) is 0. The Balaban J connectivity index is 2.46. The topological polar surface area (TPSA) is 72.7 Å². The molecule has 1 unspecified atom stereocenters. The SMILES string of the molecule is N#Cc1n[nH]c2c1CC(O)C2. The van der Waals surface area contributed by atoms with E-state index in [1.807, 2.05) is 6.07 Å². The van der Waals surface area contributed by atoms with Crippen molar-refractivity contribution < 1.29 is 5.11 Å². The molecule has 4 heteroatoms. The molecule has 0 bridgehead atoms. The Hall–Kier alpha value is -1.34. The minimum atomic E-state index is -0.327. The van der Waals surface area contributed by atoms with E-state index < -0.39 is 0 Å². The number of hydrogen-bond acceptors (Lipinski definition) is 3. The molecular weight excluding hydrogens is 142 g/mol. The second-order valence-corrected chi connectivity index (χ2v) is 2.70. The molecule has 0 saturated heterocycles. The van der Waals surface area contributed by atoms with Crippen LogP contribution in [0.15, 0.2) is 0 Å². The van der Waals surface area contributed by atoms with Gasteiger partial charge < -0.3 is 5.11 Å². The van der Waals surface area contributed by atoms with E-state index in [-0.39, 0.29) is 6.10 Å². The van der Waals surface area contributed by atoms with E-state index in [2.05, 4.69) is 10.2 Å². The third-order valence-electron chi connectivity index (χ3n) is 1.94. The molecule has 0 aromatic carbocycles. The Morgan fingerprint density at radius 3 is 3.18 bits per heavy atom. The molecule has 1 aliphatic rings. The highest BCUT2D eigenvalue weighted by Gasteiger charge is 2.24. The van der Waals surface area contributed by atoms with E-state index in [4.69, 9.17) is 5.26 Å².